The molecule has 5 nitrogen and oxygen atoms in total. The van der Waals surface area contributed by atoms with Crippen LogP contribution in [0.4, 0.5) is 4.39 Å². The lowest BCUT2D eigenvalue weighted by atomic mass is 10.1. The van der Waals surface area contributed by atoms with E-state index in [1.165, 1.54) is 16.7 Å². The summed E-state index contributed by atoms with van der Waals surface area (Å²) in [6.45, 7) is 1.93. The Balaban J connectivity index is 1.96. The van der Waals surface area contributed by atoms with Gasteiger partial charge in [0.2, 0.25) is 0 Å². The van der Waals surface area contributed by atoms with Crippen molar-refractivity contribution in [1.82, 2.24) is 19.3 Å². The zero-order chi connectivity index (χ0) is 19.7. The Kier molecular flexibility index (Phi) is 4.50. The van der Waals surface area contributed by atoms with Gasteiger partial charge in [-0.2, -0.15) is 5.10 Å². The van der Waals surface area contributed by atoms with E-state index < -0.39 is 0 Å². The van der Waals surface area contributed by atoms with Crippen LogP contribution in [-0.4, -0.2) is 19.3 Å². The Morgan fingerprint density at radius 2 is 1.89 bits per heavy atom. The summed E-state index contributed by atoms with van der Waals surface area (Å²) in [7, 11) is 1.82. The third-order valence-corrected chi connectivity index (χ3v) is 4.41. The van der Waals surface area contributed by atoms with Gasteiger partial charge in [-0.25, -0.2) is 9.37 Å². The molecule has 0 amide bonds. The lowest BCUT2D eigenvalue weighted by Gasteiger charge is -2.13. The van der Waals surface area contributed by atoms with E-state index >= 15 is 0 Å². The molecule has 0 aliphatic carbocycles. The zero-order valence-electron chi connectivity index (χ0n) is 15.5. The lowest BCUT2D eigenvalue weighted by molar-refractivity contribution is 0.627. The standard InChI is InChI=1S/C22H17FN4O/c1-3-20-25-19-6-4-5-16(8-7-15-13-24-26(2)14-15)21(19)22(28)27(20)18-11-9-17(23)10-12-18/h4-6,9-14H,3H2,1-2H3. The molecule has 0 aliphatic rings. The van der Waals surface area contributed by atoms with E-state index in [-0.39, 0.29) is 11.4 Å². The Morgan fingerprint density at radius 1 is 1.11 bits per heavy atom. The maximum atomic E-state index is 13.4. The monoisotopic (exact) mass is 372 g/mol. The van der Waals surface area contributed by atoms with Gasteiger partial charge in [-0.05, 0) is 36.4 Å². The van der Waals surface area contributed by atoms with Crippen molar-refractivity contribution in [2.75, 3.05) is 0 Å². The first-order valence-electron chi connectivity index (χ1n) is 8.88. The number of hydrogen-bond acceptors (Lipinski definition) is 3. The van der Waals surface area contributed by atoms with Crippen LogP contribution in [0.3, 0.4) is 0 Å². The van der Waals surface area contributed by atoms with E-state index in [4.69, 9.17) is 0 Å². The van der Waals surface area contributed by atoms with Crippen LogP contribution in [0.15, 0.2) is 59.7 Å². The summed E-state index contributed by atoms with van der Waals surface area (Å²) in [5.74, 6) is 6.36. The fourth-order valence-corrected chi connectivity index (χ4v) is 3.10. The Morgan fingerprint density at radius 3 is 2.57 bits per heavy atom. The van der Waals surface area contributed by atoms with E-state index in [0.29, 0.717) is 34.4 Å². The summed E-state index contributed by atoms with van der Waals surface area (Å²) in [6, 6.07) is 11.3. The van der Waals surface area contributed by atoms with E-state index in [1.807, 2.05) is 26.2 Å². The van der Waals surface area contributed by atoms with Gasteiger partial charge in [0, 0.05) is 25.2 Å². The molecule has 2 aromatic carbocycles. The Bertz CT molecular complexity index is 1290. The molecule has 0 saturated heterocycles. The summed E-state index contributed by atoms with van der Waals surface area (Å²) >= 11 is 0. The molecule has 0 N–H and O–H groups in total. The number of rotatable bonds is 2. The summed E-state index contributed by atoms with van der Waals surface area (Å²) in [6.07, 6.45) is 4.04. The predicted octanol–water partition coefficient (Wildman–Crippen LogP) is 3.22. The molecule has 2 aromatic heterocycles. The molecule has 2 heterocycles. The Hall–Kier alpha value is -3.72. The van der Waals surface area contributed by atoms with Crippen LogP contribution in [0.25, 0.3) is 16.6 Å². The third kappa shape index (κ3) is 3.19. The van der Waals surface area contributed by atoms with Crippen LogP contribution in [0, 0.1) is 17.7 Å². The molecule has 0 fully saturated rings. The van der Waals surface area contributed by atoms with Gasteiger partial charge in [-0.1, -0.05) is 24.8 Å². The van der Waals surface area contributed by atoms with Gasteiger partial charge in [-0.15, -0.1) is 0 Å². The summed E-state index contributed by atoms with van der Waals surface area (Å²) in [5.41, 5.74) is 2.31. The number of aryl methyl sites for hydroxylation is 2. The molecule has 0 bridgehead atoms. The summed E-state index contributed by atoms with van der Waals surface area (Å²) in [5, 5.41) is 4.54. The number of fused-ring (bicyclic) bond motifs is 1. The number of benzene rings is 2. The minimum atomic E-state index is -0.355. The van der Waals surface area contributed by atoms with Gasteiger partial charge < -0.3 is 0 Å². The van der Waals surface area contributed by atoms with Crippen molar-refractivity contribution in [3.8, 4) is 17.5 Å². The average molecular weight is 372 g/mol. The van der Waals surface area contributed by atoms with E-state index in [2.05, 4.69) is 21.9 Å². The molecular formula is C22H17FN4O. The number of halogens is 1. The second kappa shape index (κ2) is 7.12. The highest BCUT2D eigenvalue weighted by molar-refractivity contribution is 5.84. The van der Waals surface area contributed by atoms with Crippen molar-refractivity contribution in [1.29, 1.82) is 0 Å². The first-order chi connectivity index (χ1) is 13.6. The van der Waals surface area contributed by atoms with Gasteiger partial charge in [-0.3, -0.25) is 14.0 Å². The minimum Gasteiger partial charge on any atom is -0.275 e. The molecule has 138 valence electrons. The van der Waals surface area contributed by atoms with Crippen molar-refractivity contribution < 1.29 is 4.39 Å². The summed E-state index contributed by atoms with van der Waals surface area (Å²) in [4.78, 5) is 18.0. The predicted molar refractivity (Wildman–Crippen MR) is 106 cm³/mol. The fraction of sp³-hybridized carbons (Fsp3) is 0.136. The molecular weight excluding hydrogens is 355 g/mol. The van der Waals surface area contributed by atoms with Crippen LogP contribution >= 0.6 is 0 Å². The topological polar surface area (TPSA) is 52.7 Å². The smallest absolute Gasteiger partial charge is 0.267 e. The van der Waals surface area contributed by atoms with Crippen LogP contribution in [0.1, 0.15) is 23.9 Å². The van der Waals surface area contributed by atoms with Crippen molar-refractivity contribution in [3.63, 3.8) is 0 Å². The van der Waals surface area contributed by atoms with E-state index in [0.717, 1.165) is 5.56 Å². The van der Waals surface area contributed by atoms with Crippen LogP contribution in [0.2, 0.25) is 0 Å². The second-order valence-electron chi connectivity index (χ2n) is 6.35. The maximum Gasteiger partial charge on any atom is 0.267 e. The first-order valence-corrected chi connectivity index (χ1v) is 8.88. The maximum absolute atomic E-state index is 13.4. The quantitative estimate of drug-likeness (QED) is 0.508. The van der Waals surface area contributed by atoms with Crippen LogP contribution in [0.5, 0.6) is 0 Å². The highest BCUT2D eigenvalue weighted by Gasteiger charge is 2.14. The van der Waals surface area contributed by atoms with E-state index in [1.54, 1.807) is 35.1 Å². The fourth-order valence-electron chi connectivity index (χ4n) is 3.10. The lowest BCUT2D eigenvalue weighted by Crippen LogP contribution is -2.24. The molecule has 0 saturated carbocycles. The number of nitrogens with zero attached hydrogens (tertiary/aromatic N) is 4. The molecule has 0 atom stereocenters. The van der Waals surface area contributed by atoms with Crippen LogP contribution < -0.4 is 5.56 Å². The second-order valence-corrected chi connectivity index (χ2v) is 6.35. The van der Waals surface area contributed by atoms with Gasteiger partial charge in [0.15, 0.2) is 0 Å². The zero-order valence-corrected chi connectivity index (χ0v) is 15.5. The molecule has 6 heteroatoms. The van der Waals surface area contributed by atoms with Crippen molar-refractivity contribution in [3.05, 3.63) is 88.0 Å². The highest BCUT2D eigenvalue weighted by Crippen LogP contribution is 2.17. The molecule has 0 aliphatic heterocycles. The third-order valence-electron chi connectivity index (χ3n) is 4.41. The van der Waals surface area contributed by atoms with Gasteiger partial charge >= 0.3 is 0 Å². The van der Waals surface area contributed by atoms with Crippen molar-refractivity contribution >= 4 is 10.9 Å². The Labute approximate surface area is 161 Å². The van der Waals surface area contributed by atoms with Gasteiger partial charge in [0.1, 0.15) is 11.6 Å². The molecule has 0 unspecified atom stereocenters. The van der Waals surface area contributed by atoms with E-state index in [9.17, 15) is 9.18 Å². The van der Waals surface area contributed by atoms with Crippen LogP contribution in [-0.2, 0) is 13.5 Å². The number of hydrogen-bond donors (Lipinski definition) is 0. The van der Waals surface area contributed by atoms with Crippen molar-refractivity contribution in [2.24, 2.45) is 7.05 Å². The molecule has 28 heavy (non-hydrogen) atoms. The van der Waals surface area contributed by atoms with Gasteiger partial charge in [0.05, 0.1) is 28.4 Å². The van der Waals surface area contributed by atoms with Crippen molar-refractivity contribution in [2.45, 2.75) is 13.3 Å². The number of aromatic nitrogens is 4. The minimum absolute atomic E-state index is 0.218. The molecule has 4 rings (SSSR count). The molecule has 0 radical (unpaired) electrons. The first kappa shape index (κ1) is 17.7. The summed E-state index contributed by atoms with van der Waals surface area (Å²) < 4.78 is 16.5. The SMILES string of the molecule is CCc1nc2cccc(C#Cc3cnn(C)c3)c2c(=O)n1-c1ccc(F)cc1. The highest BCUT2D eigenvalue weighted by atomic mass is 19.1. The normalized spacial score (nSPS) is 10.7. The molecule has 0 spiro atoms. The molecule has 4 aromatic rings. The average Bonchev–Trinajstić information content (AvgIpc) is 3.12. The largest absolute Gasteiger partial charge is 0.275 e. The van der Waals surface area contributed by atoms with Gasteiger partial charge in [0.25, 0.3) is 5.56 Å².